The van der Waals surface area contributed by atoms with Gasteiger partial charge in [0.15, 0.2) is 11.2 Å². The number of hydrogen-bond acceptors (Lipinski definition) is 8. The van der Waals surface area contributed by atoms with Gasteiger partial charge in [0.2, 0.25) is 5.89 Å². The Morgan fingerprint density at radius 2 is 1.80 bits per heavy atom. The number of oxazole rings is 1. The van der Waals surface area contributed by atoms with Crippen molar-refractivity contribution in [2.75, 3.05) is 10.6 Å². The summed E-state index contributed by atoms with van der Waals surface area (Å²) in [6.07, 6.45) is -1.51. The maximum Gasteiger partial charge on any atom is 0.573 e. The molecule has 0 aliphatic heterocycles. The van der Waals surface area contributed by atoms with Gasteiger partial charge in [-0.25, -0.2) is 9.97 Å². The van der Waals surface area contributed by atoms with E-state index in [1.165, 1.54) is 24.3 Å². The van der Waals surface area contributed by atoms with E-state index in [1.807, 2.05) is 0 Å². The number of thiol groups is 1. The summed E-state index contributed by atoms with van der Waals surface area (Å²) in [5.41, 5.74) is 1.74. The van der Waals surface area contributed by atoms with Gasteiger partial charge in [0.05, 0.1) is 0 Å². The maximum absolute atomic E-state index is 12.2. The van der Waals surface area contributed by atoms with Crippen LogP contribution in [0.5, 0.6) is 5.75 Å². The lowest BCUT2D eigenvalue weighted by molar-refractivity contribution is -0.274. The third-order valence-electron chi connectivity index (χ3n) is 3.85. The molecular formula is C19H14F3N5O2S. The van der Waals surface area contributed by atoms with Crippen molar-refractivity contribution in [3.8, 4) is 17.2 Å². The average Bonchev–Trinajstić information content (AvgIpc) is 3.13. The molecule has 11 heteroatoms. The quantitative estimate of drug-likeness (QED) is 0.294. The first kappa shape index (κ1) is 19.8. The van der Waals surface area contributed by atoms with Crippen LogP contribution in [0.3, 0.4) is 0 Å². The van der Waals surface area contributed by atoms with Crippen LogP contribution >= 0.6 is 12.6 Å². The summed E-state index contributed by atoms with van der Waals surface area (Å²) in [6.45, 7) is 0. The second-order valence-corrected chi connectivity index (χ2v) is 6.55. The van der Waals surface area contributed by atoms with E-state index in [9.17, 15) is 13.2 Å². The third kappa shape index (κ3) is 4.92. The highest BCUT2D eigenvalue weighted by Gasteiger charge is 2.30. The number of fused-ring (bicyclic) bond motifs is 1. The maximum atomic E-state index is 12.2. The molecule has 1 aromatic carbocycles. The lowest BCUT2D eigenvalue weighted by Crippen LogP contribution is -2.23. The van der Waals surface area contributed by atoms with E-state index in [4.69, 9.17) is 4.42 Å². The minimum absolute atomic E-state index is 0.307. The first-order valence-corrected chi connectivity index (χ1v) is 9.12. The van der Waals surface area contributed by atoms with Crippen molar-refractivity contribution in [3.05, 3.63) is 60.9 Å². The molecule has 3 heterocycles. The molecule has 7 nitrogen and oxygen atoms in total. The molecule has 4 aromatic rings. The Kier molecular flexibility index (Phi) is 5.36. The van der Waals surface area contributed by atoms with Crippen LogP contribution in [0.15, 0.2) is 65.3 Å². The topological polar surface area (TPSA) is 85.1 Å². The van der Waals surface area contributed by atoms with Gasteiger partial charge in [-0.2, -0.15) is 4.98 Å². The molecule has 3 aromatic heterocycles. The zero-order valence-electron chi connectivity index (χ0n) is 15.1. The molecule has 0 aliphatic rings. The van der Waals surface area contributed by atoms with E-state index >= 15 is 0 Å². The predicted octanol–water partition coefficient (Wildman–Crippen LogP) is 4.92. The van der Waals surface area contributed by atoms with Crippen molar-refractivity contribution in [2.24, 2.45) is 0 Å². The number of hydrogen-bond donors (Lipinski definition) is 3. The van der Waals surface area contributed by atoms with Gasteiger partial charge in [0.1, 0.15) is 17.1 Å². The summed E-state index contributed by atoms with van der Waals surface area (Å²) in [6, 6.07) is 12.3. The SMILES string of the molecule is FC(F)(F)Oc1ccc(NC(S)Nc2cc(-c3nc4ncccc4o3)ccn2)cc1. The predicted molar refractivity (Wildman–Crippen MR) is 108 cm³/mol. The van der Waals surface area contributed by atoms with Crippen molar-refractivity contribution < 1.29 is 22.3 Å². The molecule has 154 valence electrons. The lowest BCUT2D eigenvalue weighted by atomic mass is 10.2. The fraction of sp³-hybridized carbons (Fsp3) is 0.105. The fourth-order valence-corrected chi connectivity index (χ4v) is 2.90. The summed E-state index contributed by atoms with van der Waals surface area (Å²) < 4.78 is 46.2. The number of benzene rings is 1. The van der Waals surface area contributed by atoms with Crippen LogP contribution in [0.1, 0.15) is 0 Å². The van der Waals surface area contributed by atoms with Gasteiger partial charge in [-0.15, -0.1) is 25.8 Å². The van der Waals surface area contributed by atoms with E-state index in [0.717, 1.165) is 0 Å². The van der Waals surface area contributed by atoms with E-state index in [0.29, 0.717) is 34.2 Å². The van der Waals surface area contributed by atoms with Crippen LogP contribution in [-0.4, -0.2) is 26.8 Å². The van der Waals surface area contributed by atoms with Crippen LogP contribution in [0.25, 0.3) is 22.7 Å². The molecule has 0 bridgehead atoms. The highest BCUT2D eigenvalue weighted by molar-refractivity contribution is 7.81. The van der Waals surface area contributed by atoms with Crippen LogP contribution in [0.4, 0.5) is 24.7 Å². The first-order valence-electron chi connectivity index (χ1n) is 8.61. The molecule has 2 N–H and O–H groups in total. The molecule has 0 spiro atoms. The molecule has 0 amide bonds. The second kappa shape index (κ2) is 8.11. The van der Waals surface area contributed by atoms with Crippen molar-refractivity contribution in [3.63, 3.8) is 0 Å². The second-order valence-electron chi connectivity index (χ2n) is 6.04. The van der Waals surface area contributed by atoms with Crippen molar-refractivity contribution in [2.45, 2.75) is 11.9 Å². The molecule has 0 saturated carbocycles. The largest absolute Gasteiger partial charge is 0.573 e. The van der Waals surface area contributed by atoms with Gasteiger partial charge in [0.25, 0.3) is 0 Å². The Bertz CT molecular complexity index is 1120. The zero-order valence-corrected chi connectivity index (χ0v) is 16.0. The Morgan fingerprint density at radius 1 is 1.00 bits per heavy atom. The molecule has 0 radical (unpaired) electrons. The Labute approximate surface area is 173 Å². The summed E-state index contributed by atoms with van der Waals surface area (Å²) in [7, 11) is 0. The number of rotatable bonds is 6. The Morgan fingerprint density at radius 3 is 2.53 bits per heavy atom. The molecule has 4 rings (SSSR count). The Hall–Kier alpha value is -3.47. The van der Waals surface area contributed by atoms with Crippen LogP contribution in [0, 0.1) is 0 Å². The summed E-state index contributed by atoms with van der Waals surface area (Å²) >= 11 is 4.39. The number of anilines is 2. The summed E-state index contributed by atoms with van der Waals surface area (Å²) in [4.78, 5) is 12.7. The van der Waals surface area contributed by atoms with Gasteiger partial charge in [-0.1, -0.05) is 0 Å². The minimum Gasteiger partial charge on any atom is -0.434 e. The molecule has 1 unspecified atom stereocenters. The lowest BCUT2D eigenvalue weighted by Gasteiger charge is -2.17. The van der Waals surface area contributed by atoms with E-state index < -0.39 is 11.9 Å². The monoisotopic (exact) mass is 433 g/mol. The fourth-order valence-electron chi connectivity index (χ4n) is 2.62. The number of aromatic nitrogens is 3. The molecule has 0 saturated heterocycles. The highest BCUT2D eigenvalue weighted by atomic mass is 32.1. The van der Waals surface area contributed by atoms with Gasteiger partial charge in [-0.05, 0) is 48.5 Å². The zero-order chi connectivity index (χ0) is 21.1. The van der Waals surface area contributed by atoms with Gasteiger partial charge >= 0.3 is 6.36 Å². The number of ether oxygens (including phenoxy) is 1. The highest BCUT2D eigenvalue weighted by Crippen LogP contribution is 2.26. The number of pyridine rings is 2. The minimum atomic E-state index is -4.73. The van der Waals surface area contributed by atoms with E-state index in [2.05, 4.69) is 43.0 Å². The van der Waals surface area contributed by atoms with Gasteiger partial charge in [-0.3, -0.25) is 0 Å². The number of alkyl halides is 3. The van der Waals surface area contributed by atoms with Crippen LogP contribution in [-0.2, 0) is 0 Å². The van der Waals surface area contributed by atoms with Crippen molar-refractivity contribution in [1.82, 2.24) is 15.0 Å². The van der Waals surface area contributed by atoms with E-state index in [1.54, 1.807) is 36.7 Å². The van der Waals surface area contributed by atoms with Gasteiger partial charge in [0, 0.05) is 23.6 Å². The normalized spacial score (nSPS) is 12.5. The van der Waals surface area contributed by atoms with Crippen molar-refractivity contribution in [1.29, 1.82) is 0 Å². The molecule has 1 atom stereocenters. The Balaban J connectivity index is 1.42. The van der Waals surface area contributed by atoms with Gasteiger partial charge < -0.3 is 19.8 Å². The standard InChI is InChI=1S/C19H14F3N5O2S/c20-19(21,22)29-13-5-3-12(4-6-13)25-18(30)26-15-10-11(7-9-23-15)17-27-16-14(28-17)2-1-8-24-16/h1-10,18,25,30H,(H,23,26). The number of halogens is 3. The summed E-state index contributed by atoms with van der Waals surface area (Å²) in [5.74, 6) is 0.587. The number of nitrogens with one attached hydrogen (secondary N) is 2. The van der Waals surface area contributed by atoms with E-state index in [-0.39, 0.29) is 5.75 Å². The smallest absolute Gasteiger partial charge is 0.434 e. The third-order valence-corrected chi connectivity index (χ3v) is 4.11. The van der Waals surface area contributed by atoms with Crippen LogP contribution < -0.4 is 15.4 Å². The average molecular weight is 433 g/mol. The molecule has 0 fully saturated rings. The first-order chi connectivity index (χ1) is 14.4. The van der Waals surface area contributed by atoms with Crippen molar-refractivity contribution >= 4 is 35.4 Å². The summed E-state index contributed by atoms with van der Waals surface area (Å²) in [5, 5.41) is 6.02. The molecule has 0 aliphatic carbocycles. The number of nitrogens with zero attached hydrogens (tertiary/aromatic N) is 3. The molecule has 30 heavy (non-hydrogen) atoms. The van der Waals surface area contributed by atoms with Crippen LogP contribution in [0.2, 0.25) is 0 Å². The molecular weight excluding hydrogens is 419 g/mol.